The Morgan fingerprint density at radius 1 is 1.82 bits per heavy atom. The van der Waals surface area contributed by atoms with E-state index in [1.165, 1.54) is 0 Å². The van der Waals surface area contributed by atoms with Crippen LogP contribution in [0.15, 0.2) is 12.4 Å². The van der Waals surface area contributed by atoms with Crippen molar-refractivity contribution in [1.82, 2.24) is 10.2 Å². The van der Waals surface area contributed by atoms with Crippen LogP contribution in [0.1, 0.15) is 20.3 Å². The SMILES string of the molecule is CCC(C)N1C=CNC1C=O. The molecule has 0 amide bonds. The van der Waals surface area contributed by atoms with Crippen molar-refractivity contribution in [2.45, 2.75) is 32.5 Å². The Balaban J connectivity index is 2.55. The summed E-state index contributed by atoms with van der Waals surface area (Å²) in [5, 5.41) is 2.95. The van der Waals surface area contributed by atoms with Crippen LogP contribution in [-0.4, -0.2) is 23.4 Å². The third-order valence-corrected chi connectivity index (χ3v) is 2.06. The molecule has 1 aliphatic rings. The zero-order chi connectivity index (χ0) is 8.27. The molecule has 0 radical (unpaired) electrons. The molecule has 0 aromatic rings. The van der Waals surface area contributed by atoms with Gasteiger partial charge in [-0.1, -0.05) is 6.92 Å². The first-order valence-electron chi connectivity index (χ1n) is 3.95. The van der Waals surface area contributed by atoms with Gasteiger partial charge in [0.05, 0.1) is 0 Å². The van der Waals surface area contributed by atoms with Crippen molar-refractivity contribution in [1.29, 1.82) is 0 Å². The van der Waals surface area contributed by atoms with E-state index in [0.29, 0.717) is 6.04 Å². The summed E-state index contributed by atoms with van der Waals surface area (Å²) in [7, 11) is 0. The second-order valence-electron chi connectivity index (χ2n) is 2.77. The van der Waals surface area contributed by atoms with Gasteiger partial charge in [0.2, 0.25) is 0 Å². The highest BCUT2D eigenvalue weighted by Crippen LogP contribution is 2.10. The lowest BCUT2D eigenvalue weighted by atomic mass is 10.2. The molecule has 2 unspecified atom stereocenters. The molecule has 0 aromatic heterocycles. The lowest BCUT2D eigenvalue weighted by molar-refractivity contribution is -0.112. The third kappa shape index (κ3) is 1.53. The second kappa shape index (κ2) is 3.42. The van der Waals surface area contributed by atoms with E-state index in [0.717, 1.165) is 12.7 Å². The number of carbonyl (C=O) groups excluding carboxylic acids is 1. The molecular weight excluding hydrogens is 140 g/mol. The van der Waals surface area contributed by atoms with Crippen molar-refractivity contribution in [2.24, 2.45) is 0 Å². The quantitative estimate of drug-likeness (QED) is 0.607. The fraction of sp³-hybridized carbons (Fsp3) is 0.625. The van der Waals surface area contributed by atoms with Crippen molar-refractivity contribution < 1.29 is 4.79 Å². The minimum Gasteiger partial charge on any atom is -0.364 e. The second-order valence-corrected chi connectivity index (χ2v) is 2.77. The van der Waals surface area contributed by atoms with Crippen LogP contribution in [0.3, 0.4) is 0 Å². The van der Waals surface area contributed by atoms with Crippen LogP contribution in [0, 0.1) is 0 Å². The maximum atomic E-state index is 10.5. The summed E-state index contributed by atoms with van der Waals surface area (Å²) in [6.45, 7) is 4.21. The summed E-state index contributed by atoms with van der Waals surface area (Å²) in [6, 6.07) is 0.427. The van der Waals surface area contributed by atoms with Crippen LogP contribution < -0.4 is 5.32 Å². The number of aldehydes is 1. The van der Waals surface area contributed by atoms with E-state index in [2.05, 4.69) is 19.2 Å². The smallest absolute Gasteiger partial charge is 0.162 e. The highest BCUT2D eigenvalue weighted by molar-refractivity contribution is 5.58. The molecule has 1 heterocycles. The molecule has 0 saturated heterocycles. The molecule has 11 heavy (non-hydrogen) atoms. The molecule has 0 aliphatic carbocycles. The molecule has 3 heteroatoms. The Bertz CT molecular complexity index is 167. The first kappa shape index (κ1) is 8.11. The normalized spacial score (nSPS) is 24.9. The number of hydrogen-bond donors (Lipinski definition) is 1. The summed E-state index contributed by atoms with van der Waals surface area (Å²) in [4.78, 5) is 12.5. The van der Waals surface area contributed by atoms with Crippen LogP contribution in [-0.2, 0) is 4.79 Å². The van der Waals surface area contributed by atoms with Gasteiger partial charge in [-0.15, -0.1) is 0 Å². The van der Waals surface area contributed by atoms with Gasteiger partial charge in [0, 0.05) is 18.4 Å². The van der Waals surface area contributed by atoms with Crippen LogP contribution in [0.4, 0.5) is 0 Å². The predicted octanol–water partition coefficient (Wildman–Crippen LogP) is 0.686. The average molecular weight is 154 g/mol. The monoisotopic (exact) mass is 154 g/mol. The Hall–Kier alpha value is -0.990. The molecule has 0 bridgehead atoms. The zero-order valence-electron chi connectivity index (χ0n) is 6.95. The Labute approximate surface area is 67.1 Å². The van der Waals surface area contributed by atoms with Gasteiger partial charge in [-0.05, 0) is 13.3 Å². The molecule has 0 fully saturated rings. The van der Waals surface area contributed by atoms with Gasteiger partial charge < -0.3 is 10.2 Å². The standard InChI is InChI=1S/C8H14N2O/c1-3-7(2)10-5-4-9-8(10)6-11/h4-9H,3H2,1-2H3. The first-order valence-corrected chi connectivity index (χ1v) is 3.95. The van der Waals surface area contributed by atoms with Crippen molar-refractivity contribution in [3.8, 4) is 0 Å². The number of nitrogens with one attached hydrogen (secondary N) is 1. The molecule has 1 rings (SSSR count). The Morgan fingerprint density at radius 3 is 3.09 bits per heavy atom. The van der Waals surface area contributed by atoms with E-state index in [9.17, 15) is 4.79 Å². The molecule has 62 valence electrons. The van der Waals surface area contributed by atoms with Gasteiger partial charge in [0.25, 0.3) is 0 Å². The minimum absolute atomic E-state index is 0.148. The van der Waals surface area contributed by atoms with Crippen LogP contribution in [0.25, 0.3) is 0 Å². The van der Waals surface area contributed by atoms with Gasteiger partial charge in [0.1, 0.15) is 0 Å². The largest absolute Gasteiger partial charge is 0.364 e. The molecule has 1 aliphatic heterocycles. The lowest BCUT2D eigenvalue weighted by Crippen LogP contribution is -2.41. The van der Waals surface area contributed by atoms with Gasteiger partial charge in [-0.2, -0.15) is 0 Å². The van der Waals surface area contributed by atoms with E-state index < -0.39 is 0 Å². The Kier molecular flexibility index (Phi) is 2.52. The lowest BCUT2D eigenvalue weighted by Gasteiger charge is -2.26. The van der Waals surface area contributed by atoms with E-state index in [1.807, 2.05) is 17.3 Å². The molecule has 1 N–H and O–H groups in total. The molecular formula is C8H14N2O. The summed E-state index contributed by atoms with van der Waals surface area (Å²) >= 11 is 0. The molecule has 0 aromatic carbocycles. The Morgan fingerprint density at radius 2 is 2.55 bits per heavy atom. The minimum atomic E-state index is -0.148. The van der Waals surface area contributed by atoms with Crippen LogP contribution in [0.2, 0.25) is 0 Å². The van der Waals surface area contributed by atoms with Crippen molar-refractivity contribution >= 4 is 6.29 Å². The summed E-state index contributed by atoms with van der Waals surface area (Å²) in [5.74, 6) is 0. The molecule has 0 saturated carbocycles. The van der Waals surface area contributed by atoms with Gasteiger partial charge in [0.15, 0.2) is 12.5 Å². The molecule has 3 nitrogen and oxygen atoms in total. The summed E-state index contributed by atoms with van der Waals surface area (Å²) in [6.07, 6.45) is 5.56. The highest BCUT2D eigenvalue weighted by Gasteiger charge is 2.20. The number of nitrogens with zero attached hydrogens (tertiary/aromatic N) is 1. The van der Waals surface area contributed by atoms with E-state index in [1.54, 1.807) is 0 Å². The number of hydrogen-bond acceptors (Lipinski definition) is 3. The van der Waals surface area contributed by atoms with Gasteiger partial charge in [-0.3, -0.25) is 4.79 Å². The number of carbonyl (C=O) groups is 1. The first-order chi connectivity index (χ1) is 5.29. The summed E-state index contributed by atoms with van der Waals surface area (Å²) in [5.41, 5.74) is 0. The maximum absolute atomic E-state index is 10.5. The van der Waals surface area contributed by atoms with E-state index in [4.69, 9.17) is 0 Å². The van der Waals surface area contributed by atoms with Crippen molar-refractivity contribution in [2.75, 3.05) is 0 Å². The number of rotatable bonds is 3. The van der Waals surface area contributed by atoms with Crippen LogP contribution >= 0.6 is 0 Å². The maximum Gasteiger partial charge on any atom is 0.162 e. The zero-order valence-corrected chi connectivity index (χ0v) is 6.95. The average Bonchev–Trinajstić information content (AvgIpc) is 2.50. The fourth-order valence-electron chi connectivity index (χ4n) is 1.15. The summed E-state index contributed by atoms with van der Waals surface area (Å²) < 4.78 is 0. The van der Waals surface area contributed by atoms with Crippen molar-refractivity contribution in [3.63, 3.8) is 0 Å². The van der Waals surface area contributed by atoms with Crippen LogP contribution in [0.5, 0.6) is 0 Å². The molecule has 2 atom stereocenters. The molecule has 0 spiro atoms. The van der Waals surface area contributed by atoms with E-state index in [-0.39, 0.29) is 6.17 Å². The van der Waals surface area contributed by atoms with E-state index >= 15 is 0 Å². The van der Waals surface area contributed by atoms with Crippen molar-refractivity contribution in [3.05, 3.63) is 12.4 Å². The van der Waals surface area contributed by atoms with Gasteiger partial charge in [-0.25, -0.2) is 0 Å². The highest BCUT2D eigenvalue weighted by atomic mass is 16.1. The topological polar surface area (TPSA) is 32.3 Å². The fourth-order valence-corrected chi connectivity index (χ4v) is 1.15. The predicted molar refractivity (Wildman–Crippen MR) is 43.7 cm³/mol. The third-order valence-electron chi connectivity index (χ3n) is 2.06. The van der Waals surface area contributed by atoms with Gasteiger partial charge >= 0.3 is 0 Å².